The standard InChI is InChI=1S/C27H37N3O3S/c1-28(34(32,33)26-12-6-3-7-13-26)22-24(23-10-4-2-5-11-23)15-19-29-20-16-25(17-21-29)30-18-9-8-14-27(30)31/h2-7,10-13,24-25H,8-9,14-22H2,1H3. The maximum atomic E-state index is 13.1. The number of sulfonamides is 1. The molecular weight excluding hydrogens is 446 g/mol. The van der Waals surface area contributed by atoms with Crippen LogP contribution in [0.3, 0.4) is 0 Å². The lowest BCUT2D eigenvalue weighted by molar-refractivity contribution is -0.136. The molecule has 6 nitrogen and oxygen atoms in total. The van der Waals surface area contributed by atoms with Gasteiger partial charge in [0.2, 0.25) is 15.9 Å². The lowest BCUT2D eigenvalue weighted by Gasteiger charge is -2.40. The number of hydrogen-bond donors (Lipinski definition) is 0. The molecule has 2 aromatic rings. The molecule has 2 saturated heterocycles. The van der Waals surface area contributed by atoms with E-state index in [-0.39, 0.29) is 5.92 Å². The largest absolute Gasteiger partial charge is 0.340 e. The van der Waals surface area contributed by atoms with E-state index in [1.165, 1.54) is 9.87 Å². The van der Waals surface area contributed by atoms with Gasteiger partial charge < -0.3 is 9.80 Å². The molecule has 184 valence electrons. The van der Waals surface area contributed by atoms with Crippen LogP contribution in [0.15, 0.2) is 65.6 Å². The Morgan fingerprint density at radius 2 is 1.59 bits per heavy atom. The van der Waals surface area contributed by atoms with E-state index in [4.69, 9.17) is 0 Å². The average molecular weight is 484 g/mol. The minimum atomic E-state index is -3.53. The quantitative estimate of drug-likeness (QED) is 0.542. The Balaban J connectivity index is 1.36. The summed E-state index contributed by atoms with van der Waals surface area (Å²) in [7, 11) is -1.85. The molecule has 2 aromatic carbocycles. The maximum absolute atomic E-state index is 13.1. The Hall–Kier alpha value is -2.22. The molecule has 0 bridgehead atoms. The Morgan fingerprint density at radius 3 is 2.24 bits per heavy atom. The first kappa shape index (κ1) is 24.9. The van der Waals surface area contributed by atoms with E-state index in [1.54, 1.807) is 31.3 Å². The number of benzene rings is 2. The van der Waals surface area contributed by atoms with Gasteiger partial charge in [-0.1, -0.05) is 48.5 Å². The van der Waals surface area contributed by atoms with Crippen LogP contribution in [-0.2, 0) is 14.8 Å². The van der Waals surface area contributed by atoms with Crippen molar-refractivity contribution < 1.29 is 13.2 Å². The lowest BCUT2D eigenvalue weighted by atomic mass is 9.94. The number of likely N-dealkylation sites (N-methyl/N-ethyl adjacent to an activating group) is 1. The Morgan fingerprint density at radius 1 is 0.941 bits per heavy atom. The van der Waals surface area contributed by atoms with Gasteiger partial charge in [-0.25, -0.2) is 12.7 Å². The van der Waals surface area contributed by atoms with E-state index in [9.17, 15) is 13.2 Å². The molecule has 2 fully saturated rings. The normalized spacial score (nSPS) is 19.5. The number of piperidine rings is 2. The molecule has 34 heavy (non-hydrogen) atoms. The average Bonchev–Trinajstić information content (AvgIpc) is 2.88. The van der Waals surface area contributed by atoms with Crippen LogP contribution >= 0.6 is 0 Å². The zero-order valence-corrected chi connectivity index (χ0v) is 21.0. The Bertz CT molecular complexity index is 1020. The van der Waals surface area contributed by atoms with Crippen molar-refractivity contribution in [2.75, 3.05) is 39.8 Å². The molecule has 1 unspecified atom stereocenters. The van der Waals surface area contributed by atoms with Crippen molar-refractivity contribution in [1.29, 1.82) is 0 Å². The lowest BCUT2D eigenvalue weighted by Crippen LogP contribution is -2.49. The van der Waals surface area contributed by atoms with Crippen molar-refractivity contribution >= 4 is 15.9 Å². The number of hydrogen-bond acceptors (Lipinski definition) is 4. The first-order chi connectivity index (χ1) is 16.4. The van der Waals surface area contributed by atoms with Crippen molar-refractivity contribution in [2.24, 2.45) is 0 Å². The number of amides is 1. The van der Waals surface area contributed by atoms with Crippen LogP contribution < -0.4 is 0 Å². The number of carbonyl (C=O) groups excluding carboxylic acids is 1. The molecular formula is C27H37N3O3S. The summed E-state index contributed by atoms with van der Waals surface area (Å²) in [4.78, 5) is 17.2. The molecule has 2 aliphatic heterocycles. The van der Waals surface area contributed by atoms with Crippen molar-refractivity contribution in [3.8, 4) is 0 Å². The zero-order chi connectivity index (χ0) is 24.0. The Kier molecular flexibility index (Phi) is 8.40. The number of nitrogens with zero attached hydrogens (tertiary/aromatic N) is 3. The third kappa shape index (κ3) is 6.06. The first-order valence-electron chi connectivity index (χ1n) is 12.5. The zero-order valence-electron chi connectivity index (χ0n) is 20.2. The fraction of sp³-hybridized carbons (Fsp3) is 0.519. The minimum absolute atomic E-state index is 0.117. The van der Waals surface area contributed by atoms with E-state index in [2.05, 4.69) is 21.9 Å². The van der Waals surface area contributed by atoms with Gasteiger partial charge in [0.05, 0.1) is 4.90 Å². The Labute approximate surface area is 204 Å². The fourth-order valence-electron chi connectivity index (χ4n) is 5.28. The molecule has 2 heterocycles. The summed E-state index contributed by atoms with van der Waals surface area (Å²) in [5, 5.41) is 0. The van der Waals surface area contributed by atoms with E-state index < -0.39 is 10.0 Å². The summed E-state index contributed by atoms with van der Waals surface area (Å²) < 4.78 is 27.7. The second-order valence-corrected chi connectivity index (χ2v) is 11.7. The van der Waals surface area contributed by atoms with Crippen molar-refractivity contribution in [3.05, 3.63) is 66.2 Å². The van der Waals surface area contributed by atoms with Gasteiger partial charge in [-0.05, 0) is 62.3 Å². The van der Waals surface area contributed by atoms with Gasteiger partial charge in [-0.15, -0.1) is 0 Å². The van der Waals surface area contributed by atoms with Crippen molar-refractivity contribution in [3.63, 3.8) is 0 Å². The summed E-state index contributed by atoms with van der Waals surface area (Å²) in [6.45, 7) is 4.28. The van der Waals surface area contributed by atoms with Crippen molar-refractivity contribution in [1.82, 2.24) is 14.1 Å². The molecule has 0 aromatic heterocycles. The monoisotopic (exact) mass is 483 g/mol. The highest BCUT2D eigenvalue weighted by Crippen LogP contribution is 2.26. The molecule has 0 N–H and O–H groups in total. The summed E-state index contributed by atoms with van der Waals surface area (Å²) in [5.41, 5.74) is 1.17. The summed E-state index contributed by atoms with van der Waals surface area (Å²) in [5.74, 6) is 0.447. The maximum Gasteiger partial charge on any atom is 0.242 e. The highest BCUT2D eigenvalue weighted by molar-refractivity contribution is 7.89. The van der Waals surface area contributed by atoms with Crippen LogP contribution in [0.2, 0.25) is 0 Å². The second kappa shape index (κ2) is 11.5. The van der Waals surface area contributed by atoms with E-state index >= 15 is 0 Å². The van der Waals surface area contributed by atoms with Gasteiger partial charge >= 0.3 is 0 Å². The number of carbonyl (C=O) groups is 1. The smallest absolute Gasteiger partial charge is 0.242 e. The highest BCUT2D eigenvalue weighted by Gasteiger charge is 2.30. The van der Waals surface area contributed by atoms with E-state index in [1.807, 2.05) is 24.3 Å². The molecule has 0 saturated carbocycles. The molecule has 4 rings (SSSR count). The number of likely N-dealkylation sites (tertiary alicyclic amines) is 2. The van der Waals surface area contributed by atoms with Crippen LogP contribution in [0, 0.1) is 0 Å². The molecule has 1 amide bonds. The summed E-state index contributed by atoms with van der Waals surface area (Å²) in [6.07, 6.45) is 5.83. The predicted molar refractivity (Wildman–Crippen MR) is 135 cm³/mol. The topological polar surface area (TPSA) is 60.9 Å². The van der Waals surface area contributed by atoms with Crippen LogP contribution in [-0.4, -0.2) is 74.2 Å². The molecule has 7 heteroatoms. The van der Waals surface area contributed by atoms with Crippen LogP contribution in [0.5, 0.6) is 0 Å². The SMILES string of the molecule is CN(CC(CCN1CCC(N2CCCCC2=O)CC1)c1ccccc1)S(=O)(=O)c1ccccc1. The van der Waals surface area contributed by atoms with E-state index in [0.29, 0.717) is 29.8 Å². The van der Waals surface area contributed by atoms with E-state index in [0.717, 1.165) is 58.3 Å². The summed E-state index contributed by atoms with van der Waals surface area (Å²) >= 11 is 0. The van der Waals surface area contributed by atoms with Crippen molar-refractivity contribution in [2.45, 2.75) is 55.4 Å². The minimum Gasteiger partial charge on any atom is -0.340 e. The first-order valence-corrected chi connectivity index (χ1v) is 14.0. The third-order valence-corrected chi connectivity index (χ3v) is 9.19. The third-order valence-electron chi connectivity index (χ3n) is 7.35. The van der Waals surface area contributed by atoms with Gasteiger partial charge in [0.25, 0.3) is 0 Å². The predicted octanol–water partition coefficient (Wildman–Crippen LogP) is 3.96. The molecule has 0 spiro atoms. The molecule has 0 aliphatic carbocycles. The fourth-order valence-corrected chi connectivity index (χ4v) is 6.51. The van der Waals surface area contributed by atoms with Crippen LogP contribution in [0.1, 0.15) is 50.0 Å². The highest BCUT2D eigenvalue weighted by atomic mass is 32.2. The van der Waals surface area contributed by atoms with Crippen LogP contribution in [0.4, 0.5) is 0 Å². The van der Waals surface area contributed by atoms with Gasteiger partial charge in [0.15, 0.2) is 0 Å². The van der Waals surface area contributed by atoms with Gasteiger partial charge in [0, 0.05) is 45.7 Å². The van der Waals surface area contributed by atoms with Gasteiger partial charge in [0.1, 0.15) is 0 Å². The molecule has 2 aliphatic rings. The molecule has 1 atom stereocenters. The van der Waals surface area contributed by atoms with Gasteiger partial charge in [-0.3, -0.25) is 4.79 Å². The molecule has 0 radical (unpaired) electrons. The number of rotatable bonds is 9. The summed E-state index contributed by atoms with van der Waals surface area (Å²) in [6, 6.07) is 19.3. The van der Waals surface area contributed by atoms with Gasteiger partial charge in [-0.2, -0.15) is 0 Å². The van der Waals surface area contributed by atoms with Crippen LogP contribution in [0.25, 0.3) is 0 Å². The second-order valence-electron chi connectivity index (χ2n) is 9.61.